The fraction of sp³-hybridized carbons (Fsp3) is 0.714. The third-order valence-corrected chi connectivity index (χ3v) is 1.72. The second-order valence-electron chi connectivity index (χ2n) is 2.45. The van der Waals surface area contributed by atoms with Crippen LogP contribution in [0.25, 0.3) is 0 Å². The molecule has 0 heterocycles. The molecular formula is C7H11BrO3. The van der Waals surface area contributed by atoms with E-state index in [-0.39, 0.29) is 11.9 Å². The van der Waals surface area contributed by atoms with Crippen LogP contribution in [-0.4, -0.2) is 12.3 Å². The first-order chi connectivity index (χ1) is 5.20. The monoisotopic (exact) mass is 222 g/mol. The van der Waals surface area contributed by atoms with E-state index in [1.165, 1.54) is 0 Å². The van der Waals surface area contributed by atoms with E-state index in [9.17, 15) is 9.59 Å². The van der Waals surface area contributed by atoms with Gasteiger partial charge in [0.25, 0.3) is 0 Å². The third-order valence-electron chi connectivity index (χ3n) is 1.36. The van der Waals surface area contributed by atoms with Crippen LogP contribution in [0.4, 0.5) is 0 Å². The Labute approximate surface area is 74.6 Å². The van der Waals surface area contributed by atoms with Gasteiger partial charge in [-0.15, -0.1) is 0 Å². The zero-order valence-corrected chi connectivity index (χ0v) is 7.96. The molecule has 64 valence electrons. The molecule has 0 aromatic carbocycles. The summed E-state index contributed by atoms with van der Waals surface area (Å²) < 4.78 is 4.25. The summed E-state index contributed by atoms with van der Waals surface area (Å²) in [4.78, 5) is 20.6. The van der Waals surface area contributed by atoms with Crippen LogP contribution < -0.4 is 0 Å². The van der Waals surface area contributed by atoms with Crippen molar-refractivity contribution in [3.05, 3.63) is 0 Å². The number of aldehydes is 1. The average molecular weight is 223 g/mol. The lowest BCUT2D eigenvalue weighted by molar-refractivity contribution is -0.132. The van der Waals surface area contributed by atoms with E-state index in [1.54, 1.807) is 0 Å². The van der Waals surface area contributed by atoms with Crippen molar-refractivity contribution in [3.63, 3.8) is 0 Å². The Morgan fingerprint density at radius 2 is 2.36 bits per heavy atom. The molecule has 0 radical (unpaired) electrons. The van der Waals surface area contributed by atoms with Gasteiger partial charge in [-0.25, -0.2) is 0 Å². The Morgan fingerprint density at radius 1 is 1.73 bits per heavy atom. The maximum atomic E-state index is 10.5. The number of rotatable bonds is 5. The van der Waals surface area contributed by atoms with E-state index in [2.05, 4.69) is 20.1 Å². The summed E-state index contributed by atoms with van der Waals surface area (Å²) >= 11 is 2.58. The largest absolute Gasteiger partial charge is 0.384 e. The summed E-state index contributed by atoms with van der Waals surface area (Å²) in [5.41, 5.74) is 0. The lowest BCUT2D eigenvalue weighted by Crippen LogP contribution is -2.00. The van der Waals surface area contributed by atoms with Gasteiger partial charge >= 0.3 is 5.97 Å². The molecule has 1 atom stereocenters. The Bertz CT molecular complexity index is 136. The van der Waals surface area contributed by atoms with E-state index >= 15 is 0 Å². The highest BCUT2D eigenvalue weighted by Crippen LogP contribution is 2.06. The van der Waals surface area contributed by atoms with Crippen molar-refractivity contribution in [2.75, 3.05) is 0 Å². The molecule has 0 aliphatic rings. The van der Waals surface area contributed by atoms with E-state index < -0.39 is 0 Å². The molecule has 0 rings (SSSR count). The molecule has 0 saturated carbocycles. The van der Waals surface area contributed by atoms with Crippen LogP contribution in [0.1, 0.15) is 26.2 Å². The van der Waals surface area contributed by atoms with Gasteiger partial charge in [0.2, 0.25) is 0 Å². The van der Waals surface area contributed by atoms with Crippen LogP contribution >= 0.6 is 16.3 Å². The van der Waals surface area contributed by atoms with Crippen LogP contribution in [0.15, 0.2) is 0 Å². The number of hydrogen-bond donors (Lipinski definition) is 0. The predicted molar refractivity (Wildman–Crippen MR) is 44.1 cm³/mol. The van der Waals surface area contributed by atoms with Gasteiger partial charge in [-0.05, 0) is 12.8 Å². The van der Waals surface area contributed by atoms with Crippen molar-refractivity contribution in [1.29, 1.82) is 0 Å². The highest BCUT2D eigenvalue weighted by Gasteiger charge is 2.03. The van der Waals surface area contributed by atoms with Crippen molar-refractivity contribution < 1.29 is 13.4 Å². The highest BCUT2D eigenvalue weighted by atomic mass is 79.9. The molecule has 4 heteroatoms. The van der Waals surface area contributed by atoms with Crippen LogP contribution in [0, 0.1) is 5.92 Å². The molecule has 0 aromatic rings. The molecule has 0 aromatic heterocycles. The van der Waals surface area contributed by atoms with E-state index in [0.29, 0.717) is 12.8 Å². The Balaban J connectivity index is 3.26. The summed E-state index contributed by atoms with van der Waals surface area (Å²) in [6, 6.07) is 0. The second kappa shape index (κ2) is 6.34. The van der Waals surface area contributed by atoms with E-state index in [0.717, 1.165) is 12.7 Å². The first-order valence-corrected chi connectivity index (χ1v) is 4.12. The Hall–Kier alpha value is -0.380. The number of halogens is 1. The number of carbonyl (C=O) groups is 2. The van der Waals surface area contributed by atoms with E-state index in [4.69, 9.17) is 0 Å². The maximum Gasteiger partial charge on any atom is 0.317 e. The molecule has 0 amide bonds. The first-order valence-electron chi connectivity index (χ1n) is 3.47. The summed E-state index contributed by atoms with van der Waals surface area (Å²) in [7, 11) is 0. The van der Waals surface area contributed by atoms with Gasteiger partial charge in [-0.1, -0.05) is 6.92 Å². The van der Waals surface area contributed by atoms with Gasteiger partial charge in [-0.2, -0.15) is 0 Å². The lowest BCUT2D eigenvalue weighted by Gasteiger charge is -2.00. The molecule has 0 saturated heterocycles. The summed E-state index contributed by atoms with van der Waals surface area (Å²) in [5.74, 6) is -0.249. The zero-order valence-electron chi connectivity index (χ0n) is 6.38. The van der Waals surface area contributed by atoms with Crippen molar-refractivity contribution in [3.8, 4) is 0 Å². The zero-order chi connectivity index (χ0) is 8.69. The normalized spacial score (nSPS) is 12.2. The topological polar surface area (TPSA) is 43.4 Å². The van der Waals surface area contributed by atoms with Crippen LogP contribution in [0.5, 0.6) is 0 Å². The van der Waals surface area contributed by atoms with Gasteiger partial charge in [0.05, 0.1) is 0 Å². The molecule has 0 fully saturated rings. The van der Waals surface area contributed by atoms with Crippen molar-refractivity contribution in [1.82, 2.24) is 0 Å². The standard InChI is InChI=1S/C7H11BrO3/c1-6(5-9)3-2-4-7(10)11-8/h5-6H,2-4H2,1H3. The Kier molecular flexibility index (Phi) is 6.12. The minimum Gasteiger partial charge on any atom is -0.384 e. The molecule has 0 bridgehead atoms. The fourth-order valence-electron chi connectivity index (χ4n) is 0.675. The fourth-order valence-corrected chi connectivity index (χ4v) is 0.837. The number of carbonyl (C=O) groups excluding carboxylic acids is 2. The quantitative estimate of drug-likeness (QED) is 0.668. The molecule has 0 aliphatic heterocycles. The smallest absolute Gasteiger partial charge is 0.317 e. The molecule has 1 unspecified atom stereocenters. The summed E-state index contributed by atoms with van der Waals surface area (Å²) in [6.07, 6.45) is 2.69. The molecule has 0 spiro atoms. The molecule has 3 nitrogen and oxygen atoms in total. The highest BCUT2D eigenvalue weighted by molar-refractivity contribution is 9.06. The Morgan fingerprint density at radius 3 is 2.82 bits per heavy atom. The van der Waals surface area contributed by atoms with Gasteiger partial charge in [0.15, 0.2) is 16.3 Å². The predicted octanol–water partition coefficient (Wildman–Crippen LogP) is 1.84. The van der Waals surface area contributed by atoms with Gasteiger partial charge in [-0.3, -0.25) is 4.79 Å². The summed E-state index contributed by atoms with van der Waals surface area (Å²) in [6.45, 7) is 1.83. The van der Waals surface area contributed by atoms with Crippen molar-refractivity contribution in [2.24, 2.45) is 5.92 Å². The van der Waals surface area contributed by atoms with Gasteiger partial charge < -0.3 is 8.62 Å². The maximum absolute atomic E-state index is 10.5. The van der Waals surface area contributed by atoms with Gasteiger partial charge in [0.1, 0.15) is 6.29 Å². The SMILES string of the molecule is CC(C=O)CCCC(=O)OBr. The lowest BCUT2D eigenvalue weighted by atomic mass is 10.1. The van der Waals surface area contributed by atoms with Crippen LogP contribution in [0.2, 0.25) is 0 Å². The van der Waals surface area contributed by atoms with Gasteiger partial charge in [0, 0.05) is 12.3 Å². The second-order valence-corrected chi connectivity index (χ2v) is 2.78. The third kappa shape index (κ3) is 6.04. The summed E-state index contributed by atoms with van der Waals surface area (Å²) in [5, 5.41) is 0. The van der Waals surface area contributed by atoms with Crippen molar-refractivity contribution in [2.45, 2.75) is 26.2 Å². The van der Waals surface area contributed by atoms with E-state index in [1.807, 2.05) is 6.92 Å². The average Bonchev–Trinajstić information content (AvgIpc) is 2.04. The minimum absolute atomic E-state index is 0.0399. The molecule has 0 N–H and O–H groups in total. The molecule has 0 aliphatic carbocycles. The van der Waals surface area contributed by atoms with Crippen molar-refractivity contribution >= 4 is 28.5 Å². The van der Waals surface area contributed by atoms with Crippen LogP contribution in [0.3, 0.4) is 0 Å². The van der Waals surface area contributed by atoms with Crippen LogP contribution in [-0.2, 0) is 13.4 Å². The molecular weight excluding hydrogens is 212 g/mol. The molecule has 11 heavy (non-hydrogen) atoms. The first kappa shape index (κ1) is 10.6. The number of hydrogen-bond acceptors (Lipinski definition) is 3. The minimum atomic E-state index is -0.289.